The molecule has 2 fully saturated rings. The first-order valence-corrected chi connectivity index (χ1v) is 11.6. The molecule has 2 saturated heterocycles. The number of hydrogen-bond acceptors (Lipinski definition) is 6. The normalized spacial score (nSPS) is 22.4. The van der Waals surface area contributed by atoms with Gasteiger partial charge in [0, 0.05) is 6.54 Å². The number of imide groups is 1. The van der Waals surface area contributed by atoms with Crippen molar-refractivity contribution in [3.05, 3.63) is 65.7 Å². The molecule has 34 heavy (non-hydrogen) atoms. The van der Waals surface area contributed by atoms with Gasteiger partial charge in [-0.25, -0.2) is 0 Å². The standard InChI is InChI=1S/C26H31N3O5/c1-17(2)12-13-27-21(30)16-29-23(19-10-7-11-20(14-19)33-3)22-24(34-29)26(32)28(25(22)31)15-18-8-5-4-6-9-18/h4-11,14,17,22-24H,12-13,15-16H2,1-3H3,(H,27,30). The SMILES string of the molecule is COc1cccc(C2C3C(=O)N(Cc4ccccc4)C(=O)C3ON2CC(=O)NCCC(C)C)c1. The van der Waals surface area contributed by atoms with Crippen LogP contribution in [0.4, 0.5) is 0 Å². The van der Waals surface area contributed by atoms with Crippen LogP contribution in [0.5, 0.6) is 5.75 Å². The van der Waals surface area contributed by atoms with Crippen LogP contribution in [0, 0.1) is 11.8 Å². The van der Waals surface area contributed by atoms with Crippen molar-refractivity contribution in [2.75, 3.05) is 20.2 Å². The molecule has 0 radical (unpaired) electrons. The molecule has 8 heteroatoms. The third kappa shape index (κ3) is 4.98. The van der Waals surface area contributed by atoms with Gasteiger partial charge in [0.2, 0.25) is 11.8 Å². The van der Waals surface area contributed by atoms with Gasteiger partial charge >= 0.3 is 0 Å². The summed E-state index contributed by atoms with van der Waals surface area (Å²) in [7, 11) is 1.57. The van der Waals surface area contributed by atoms with Gasteiger partial charge in [0.1, 0.15) is 12.3 Å². The van der Waals surface area contributed by atoms with Crippen molar-refractivity contribution in [3.8, 4) is 5.75 Å². The van der Waals surface area contributed by atoms with Gasteiger partial charge in [0.05, 0.1) is 25.6 Å². The highest BCUT2D eigenvalue weighted by Gasteiger charge is 2.59. The lowest BCUT2D eigenvalue weighted by atomic mass is 9.90. The van der Waals surface area contributed by atoms with Gasteiger partial charge in [0.15, 0.2) is 6.10 Å². The number of nitrogens with one attached hydrogen (secondary N) is 1. The number of hydrogen-bond donors (Lipinski definition) is 1. The minimum absolute atomic E-state index is 0.0772. The van der Waals surface area contributed by atoms with E-state index in [2.05, 4.69) is 19.2 Å². The molecule has 4 rings (SSSR count). The van der Waals surface area contributed by atoms with Crippen LogP contribution in [0.25, 0.3) is 0 Å². The highest BCUT2D eigenvalue weighted by atomic mass is 16.7. The number of methoxy groups -OCH3 is 1. The lowest BCUT2D eigenvalue weighted by Crippen LogP contribution is -2.41. The average molecular weight is 466 g/mol. The van der Waals surface area contributed by atoms with E-state index in [1.807, 2.05) is 54.6 Å². The molecule has 0 saturated carbocycles. The molecule has 2 heterocycles. The fraction of sp³-hybridized carbons (Fsp3) is 0.423. The van der Waals surface area contributed by atoms with E-state index in [4.69, 9.17) is 9.57 Å². The highest BCUT2D eigenvalue weighted by molar-refractivity contribution is 6.07. The second kappa shape index (κ2) is 10.4. The van der Waals surface area contributed by atoms with Gasteiger partial charge < -0.3 is 10.1 Å². The Morgan fingerprint density at radius 2 is 1.85 bits per heavy atom. The number of carbonyl (C=O) groups excluding carboxylic acids is 3. The molecule has 0 spiro atoms. The summed E-state index contributed by atoms with van der Waals surface area (Å²) < 4.78 is 5.36. The molecule has 3 amide bonds. The second-order valence-corrected chi connectivity index (χ2v) is 9.13. The largest absolute Gasteiger partial charge is 0.497 e. The van der Waals surface area contributed by atoms with Crippen LogP contribution in [0.1, 0.15) is 37.4 Å². The van der Waals surface area contributed by atoms with Crippen molar-refractivity contribution in [2.45, 2.75) is 39.0 Å². The van der Waals surface area contributed by atoms with Crippen LogP contribution in [-0.4, -0.2) is 54.0 Å². The molecule has 2 aliphatic heterocycles. The molecule has 180 valence electrons. The molecule has 0 aromatic heterocycles. The predicted molar refractivity (Wildman–Crippen MR) is 125 cm³/mol. The maximum Gasteiger partial charge on any atom is 0.261 e. The summed E-state index contributed by atoms with van der Waals surface area (Å²) in [5.74, 6) is -0.538. The van der Waals surface area contributed by atoms with Gasteiger partial charge in [-0.1, -0.05) is 56.3 Å². The lowest BCUT2D eigenvalue weighted by molar-refractivity contribution is -0.182. The highest BCUT2D eigenvalue weighted by Crippen LogP contribution is 2.45. The summed E-state index contributed by atoms with van der Waals surface area (Å²) in [5.41, 5.74) is 1.62. The first-order valence-electron chi connectivity index (χ1n) is 11.6. The molecule has 0 aliphatic carbocycles. The smallest absolute Gasteiger partial charge is 0.261 e. The summed E-state index contributed by atoms with van der Waals surface area (Å²) in [6, 6.07) is 16.1. The Kier molecular flexibility index (Phi) is 7.29. The van der Waals surface area contributed by atoms with E-state index >= 15 is 0 Å². The monoisotopic (exact) mass is 465 g/mol. The summed E-state index contributed by atoms with van der Waals surface area (Å²) in [6.07, 6.45) is -0.0985. The first-order chi connectivity index (χ1) is 16.4. The minimum Gasteiger partial charge on any atom is -0.497 e. The first kappa shape index (κ1) is 23.9. The molecule has 3 atom stereocenters. The zero-order valence-corrected chi connectivity index (χ0v) is 19.8. The Labute approximate surface area is 199 Å². The molecule has 0 bridgehead atoms. The summed E-state index contributed by atoms with van der Waals surface area (Å²) in [4.78, 5) is 46.6. The molecule has 2 aromatic carbocycles. The third-order valence-corrected chi connectivity index (χ3v) is 6.25. The molecule has 2 aliphatic rings. The Morgan fingerprint density at radius 3 is 2.56 bits per heavy atom. The van der Waals surface area contributed by atoms with Crippen LogP contribution in [0.2, 0.25) is 0 Å². The van der Waals surface area contributed by atoms with Crippen molar-refractivity contribution in [1.29, 1.82) is 0 Å². The van der Waals surface area contributed by atoms with Gasteiger partial charge in [-0.2, -0.15) is 5.06 Å². The summed E-state index contributed by atoms with van der Waals surface area (Å²) in [6.45, 7) is 4.85. The van der Waals surface area contributed by atoms with E-state index in [1.165, 1.54) is 9.96 Å². The average Bonchev–Trinajstić information content (AvgIpc) is 3.30. The van der Waals surface area contributed by atoms with Crippen LogP contribution in [-0.2, 0) is 25.8 Å². The maximum atomic E-state index is 13.5. The van der Waals surface area contributed by atoms with Crippen molar-refractivity contribution in [1.82, 2.24) is 15.3 Å². The molecule has 3 unspecified atom stereocenters. The van der Waals surface area contributed by atoms with Crippen LogP contribution in [0.3, 0.4) is 0 Å². The van der Waals surface area contributed by atoms with E-state index in [1.54, 1.807) is 7.11 Å². The van der Waals surface area contributed by atoms with E-state index in [-0.39, 0.29) is 30.8 Å². The topological polar surface area (TPSA) is 88.2 Å². The third-order valence-electron chi connectivity index (χ3n) is 6.25. The maximum absolute atomic E-state index is 13.5. The fourth-order valence-corrected chi connectivity index (χ4v) is 4.48. The van der Waals surface area contributed by atoms with Crippen molar-refractivity contribution < 1.29 is 24.0 Å². The lowest BCUT2D eigenvalue weighted by Gasteiger charge is -2.27. The number of carbonyl (C=O) groups is 3. The number of ether oxygens (including phenoxy) is 1. The molecule has 2 aromatic rings. The molecular weight excluding hydrogens is 434 g/mol. The Hall–Kier alpha value is -3.23. The minimum atomic E-state index is -0.962. The van der Waals surface area contributed by atoms with Crippen LogP contribution in [0.15, 0.2) is 54.6 Å². The van der Waals surface area contributed by atoms with Crippen molar-refractivity contribution >= 4 is 17.7 Å². The summed E-state index contributed by atoms with van der Waals surface area (Å²) >= 11 is 0. The predicted octanol–water partition coefficient (Wildman–Crippen LogP) is 2.70. The number of hydroxylamine groups is 2. The Bertz CT molecular complexity index is 1040. The molecule has 8 nitrogen and oxygen atoms in total. The van der Waals surface area contributed by atoms with Crippen molar-refractivity contribution in [3.63, 3.8) is 0 Å². The van der Waals surface area contributed by atoms with Gasteiger partial charge in [-0.05, 0) is 35.6 Å². The van der Waals surface area contributed by atoms with Gasteiger partial charge in [-0.15, -0.1) is 0 Å². The van der Waals surface area contributed by atoms with Gasteiger partial charge in [0.25, 0.3) is 5.91 Å². The van der Waals surface area contributed by atoms with E-state index in [0.717, 1.165) is 17.5 Å². The zero-order valence-electron chi connectivity index (χ0n) is 19.8. The molecule has 1 N–H and O–H groups in total. The van der Waals surface area contributed by atoms with Gasteiger partial charge in [-0.3, -0.25) is 24.1 Å². The number of rotatable bonds is 9. The number of likely N-dealkylation sites (tertiary alicyclic amines) is 1. The number of amides is 3. The Morgan fingerprint density at radius 1 is 1.09 bits per heavy atom. The van der Waals surface area contributed by atoms with E-state index in [0.29, 0.717) is 18.2 Å². The Balaban J connectivity index is 1.58. The molecular formula is C26H31N3O5. The van der Waals surface area contributed by atoms with Crippen LogP contribution < -0.4 is 10.1 Å². The van der Waals surface area contributed by atoms with Crippen LogP contribution >= 0.6 is 0 Å². The van der Waals surface area contributed by atoms with E-state index < -0.39 is 18.1 Å². The number of benzene rings is 2. The number of nitrogens with zero attached hydrogens (tertiary/aromatic N) is 2. The number of fused-ring (bicyclic) bond motifs is 1. The summed E-state index contributed by atoms with van der Waals surface area (Å²) in [5, 5.41) is 4.38. The van der Waals surface area contributed by atoms with E-state index in [9.17, 15) is 14.4 Å². The second-order valence-electron chi connectivity index (χ2n) is 9.13. The zero-order chi connectivity index (χ0) is 24.2. The fourth-order valence-electron chi connectivity index (χ4n) is 4.48. The van der Waals surface area contributed by atoms with Crippen molar-refractivity contribution in [2.24, 2.45) is 11.8 Å². The quantitative estimate of drug-likeness (QED) is 0.573.